The molecular formula is C21H20N2O3. The predicted octanol–water partition coefficient (Wildman–Crippen LogP) is 4.04. The zero-order valence-corrected chi connectivity index (χ0v) is 14.8. The highest BCUT2D eigenvalue weighted by Crippen LogP contribution is 2.15. The Labute approximate surface area is 152 Å². The van der Waals surface area contributed by atoms with Crippen molar-refractivity contribution < 1.29 is 14.3 Å². The Morgan fingerprint density at radius 1 is 1.00 bits per heavy atom. The van der Waals surface area contributed by atoms with E-state index in [0.717, 1.165) is 11.3 Å². The van der Waals surface area contributed by atoms with Gasteiger partial charge in [0.2, 0.25) is 0 Å². The molecule has 26 heavy (non-hydrogen) atoms. The van der Waals surface area contributed by atoms with Crippen LogP contribution in [0, 0.1) is 0 Å². The van der Waals surface area contributed by atoms with Crippen LogP contribution in [0.2, 0.25) is 0 Å². The highest BCUT2D eigenvalue weighted by molar-refractivity contribution is 5.99. The van der Waals surface area contributed by atoms with Crippen molar-refractivity contribution in [3.8, 4) is 5.69 Å². The SMILES string of the molecule is CC(C)c1ccc(C(=O)COC(=O)c2ccc(-n3cccn3)cc2)cc1. The first kappa shape index (κ1) is 17.6. The lowest BCUT2D eigenvalue weighted by atomic mass is 10.0. The third kappa shape index (κ3) is 4.06. The molecule has 5 nitrogen and oxygen atoms in total. The normalized spacial score (nSPS) is 10.7. The molecule has 0 amide bonds. The summed E-state index contributed by atoms with van der Waals surface area (Å²) in [6, 6.07) is 16.1. The second-order valence-corrected chi connectivity index (χ2v) is 6.27. The molecule has 0 radical (unpaired) electrons. The lowest BCUT2D eigenvalue weighted by Gasteiger charge is -2.08. The van der Waals surface area contributed by atoms with Crippen LogP contribution in [0.15, 0.2) is 67.0 Å². The molecule has 0 aliphatic carbocycles. The number of esters is 1. The van der Waals surface area contributed by atoms with Gasteiger partial charge in [0.15, 0.2) is 12.4 Å². The van der Waals surface area contributed by atoms with Gasteiger partial charge < -0.3 is 4.74 Å². The van der Waals surface area contributed by atoms with Crippen molar-refractivity contribution >= 4 is 11.8 Å². The molecule has 0 unspecified atom stereocenters. The van der Waals surface area contributed by atoms with E-state index in [-0.39, 0.29) is 12.4 Å². The third-order valence-corrected chi connectivity index (χ3v) is 4.11. The maximum atomic E-state index is 12.2. The van der Waals surface area contributed by atoms with E-state index in [2.05, 4.69) is 18.9 Å². The zero-order valence-electron chi connectivity index (χ0n) is 14.8. The van der Waals surface area contributed by atoms with E-state index in [0.29, 0.717) is 17.0 Å². The van der Waals surface area contributed by atoms with E-state index in [1.807, 2.05) is 24.4 Å². The van der Waals surface area contributed by atoms with Crippen LogP contribution in [0.5, 0.6) is 0 Å². The van der Waals surface area contributed by atoms with Crippen molar-refractivity contribution in [1.82, 2.24) is 9.78 Å². The second kappa shape index (κ2) is 7.78. The first-order valence-corrected chi connectivity index (χ1v) is 8.45. The van der Waals surface area contributed by atoms with Gasteiger partial charge >= 0.3 is 5.97 Å². The summed E-state index contributed by atoms with van der Waals surface area (Å²) in [6.07, 6.45) is 3.50. The molecule has 0 atom stereocenters. The predicted molar refractivity (Wildman–Crippen MR) is 98.7 cm³/mol. The van der Waals surface area contributed by atoms with Gasteiger partial charge in [-0.1, -0.05) is 38.1 Å². The largest absolute Gasteiger partial charge is 0.454 e. The topological polar surface area (TPSA) is 61.2 Å². The molecule has 1 heterocycles. The fourth-order valence-electron chi connectivity index (χ4n) is 2.52. The Kier molecular flexibility index (Phi) is 5.27. The Morgan fingerprint density at radius 3 is 2.23 bits per heavy atom. The lowest BCUT2D eigenvalue weighted by Crippen LogP contribution is -2.14. The number of rotatable bonds is 6. The number of hydrogen-bond acceptors (Lipinski definition) is 4. The van der Waals surface area contributed by atoms with Gasteiger partial charge in [0.1, 0.15) is 0 Å². The molecule has 0 N–H and O–H groups in total. The van der Waals surface area contributed by atoms with Crippen LogP contribution >= 0.6 is 0 Å². The first-order chi connectivity index (χ1) is 12.5. The summed E-state index contributed by atoms with van der Waals surface area (Å²) in [6.45, 7) is 3.91. The van der Waals surface area contributed by atoms with Crippen LogP contribution < -0.4 is 0 Å². The number of Topliss-reactive ketones (excluding diaryl/α,β-unsaturated/α-hetero) is 1. The summed E-state index contributed by atoms with van der Waals surface area (Å²) in [4.78, 5) is 24.3. The average molecular weight is 348 g/mol. The summed E-state index contributed by atoms with van der Waals surface area (Å²) < 4.78 is 6.84. The number of ether oxygens (including phenoxy) is 1. The maximum Gasteiger partial charge on any atom is 0.338 e. The molecule has 0 aliphatic rings. The molecule has 0 fully saturated rings. The van der Waals surface area contributed by atoms with Crippen molar-refractivity contribution in [3.05, 3.63) is 83.7 Å². The molecule has 0 spiro atoms. The van der Waals surface area contributed by atoms with Crippen LogP contribution in [0.4, 0.5) is 0 Å². The molecule has 2 aromatic carbocycles. The van der Waals surface area contributed by atoms with Gasteiger partial charge in [0.05, 0.1) is 11.3 Å². The number of benzene rings is 2. The summed E-state index contributed by atoms with van der Waals surface area (Å²) in [5.74, 6) is -0.340. The van der Waals surface area contributed by atoms with Crippen LogP contribution in [-0.2, 0) is 4.74 Å². The summed E-state index contributed by atoms with van der Waals surface area (Å²) in [5.41, 5.74) is 2.93. The fourth-order valence-corrected chi connectivity index (χ4v) is 2.52. The Morgan fingerprint density at radius 2 is 1.65 bits per heavy atom. The van der Waals surface area contributed by atoms with E-state index >= 15 is 0 Å². The summed E-state index contributed by atoms with van der Waals surface area (Å²) >= 11 is 0. The van der Waals surface area contributed by atoms with Crippen LogP contribution in [0.3, 0.4) is 0 Å². The highest BCUT2D eigenvalue weighted by Gasteiger charge is 2.12. The number of ketones is 1. The molecule has 3 rings (SSSR count). The molecule has 0 aliphatic heterocycles. The van der Waals surface area contributed by atoms with Gasteiger partial charge in [-0.15, -0.1) is 0 Å². The number of nitrogens with zero attached hydrogens (tertiary/aromatic N) is 2. The lowest BCUT2D eigenvalue weighted by molar-refractivity contribution is 0.0475. The van der Waals surface area contributed by atoms with Crippen molar-refractivity contribution in [3.63, 3.8) is 0 Å². The van der Waals surface area contributed by atoms with Gasteiger partial charge in [0.25, 0.3) is 0 Å². The minimum absolute atomic E-state index is 0.221. The minimum atomic E-state index is -0.524. The van der Waals surface area contributed by atoms with Crippen LogP contribution in [0.1, 0.15) is 46.0 Å². The van der Waals surface area contributed by atoms with Crippen molar-refractivity contribution in [1.29, 1.82) is 0 Å². The second-order valence-electron chi connectivity index (χ2n) is 6.27. The molecule has 132 valence electrons. The van der Waals surface area contributed by atoms with Gasteiger partial charge in [-0.2, -0.15) is 5.10 Å². The molecule has 0 bridgehead atoms. The number of hydrogen-bond donors (Lipinski definition) is 0. The van der Waals surface area contributed by atoms with Gasteiger partial charge in [-0.3, -0.25) is 4.79 Å². The van der Waals surface area contributed by atoms with E-state index in [9.17, 15) is 9.59 Å². The van der Waals surface area contributed by atoms with E-state index < -0.39 is 5.97 Å². The molecule has 1 aromatic heterocycles. The van der Waals surface area contributed by atoms with Gasteiger partial charge in [0, 0.05) is 18.0 Å². The van der Waals surface area contributed by atoms with Crippen molar-refractivity contribution in [2.45, 2.75) is 19.8 Å². The molecule has 5 heteroatoms. The van der Waals surface area contributed by atoms with Crippen LogP contribution in [0.25, 0.3) is 5.69 Å². The Hall–Kier alpha value is -3.21. The first-order valence-electron chi connectivity index (χ1n) is 8.45. The van der Waals surface area contributed by atoms with E-state index in [1.165, 1.54) is 0 Å². The molecular weight excluding hydrogens is 328 g/mol. The van der Waals surface area contributed by atoms with Crippen molar-refractivity contribution in [2.24, 2.45) is 0 Å². The quantitative estimate of drug-likeness (QED) is 0.498. The maximum absolute atomic E-state index is 12.2. The monoisotopic (exact) mass is 348 g/mol. The Balaban J connectivity index is 1.58. The summed E-state index contributed by atoms with van der Waals surface area (Å²) in [7, 11) is 0. The number of carbonyl (C=O) groups excluding carboxylic acids is 2. The highest BCUT2D eigenvalue weighted by atomic mass is 16.5. The van der Waals surface area contributed by atoms with Crippen LogP contribution in [-0.4, -0.2) is 28.1 Å². The number of aromatic nitrogens is 2. The number of carbonyl (C=O) groups is 2. The molecule has 0 saturated heterocycles. The molecule has 3 aromatic rings. The minimum Gasteiger partial charge on any atom is -0.454 e. The Bertz CT molecular complexity index is 880. The zero-order chi connectivity index (χ0) is 18.5. The smallest absolute Gasteiger partial charge is 0.338 e. The average Bonchev–Trinajstić information content (AvgIpc) is 3.21. The summed E-state index contributed by atoms with van der Waals surface area (Å²) in [5, 5.41) is 4.13. The standard InChI is InChI=1S/C21H20N2O3/c1-15(2)16-4-6-17(7-5-16)20(24)14-26-21(25)18-8-10-19(11-9-18)23-13-3-12-22-23/h3-13,15H,14H2,1-2H3. The van der Waals surface area contributed by atoms with Crippen molar-refractivity contribution in [2.75, 3.05) is 6.61 Å². The third-order valence-electron chi connectivity index (χ3n) is 4.11. The van der Waals surface area contributed by atoms with Gasteiger partial charge in [-0.25, -0.2) is 9.48 Å². The molecule has 0 saturated carbocycles. The van der Waals surface area contributed by atoms with Gasteiger partial charge in [-0.05, 0) is 41.8 Å². The van der Waals surface area contributed by atoms with E-state index in [4.69, 9.17) is 4.74 Å². The van der Waals surface area contributed by atoms with E-state index in [1.54, 1.807) is 47.3 Å². The fraction of sp³-hybridized carbons (Fsp3) is 0.190.